The molecule has 0 aliphatic heterocycles. The Morgan fingerprint density at radius 2 is 0.900 bits per heavy atom. The molecule has 0 heterocycles. The van der Waals surface area contributed by atoms with Crippen molar-refractivity contribution in [2.75, 3.05) is 10.6 Å². The Morgan fingerprint density at radius 1 is 0.367 bits per heavy atom. The van der Waals surface area contributed by atoms with Crippen LogP contribution in [0, 0.1) is 0 Å². The molecule has 0 saturated carbocycles. The molecule has 0 unspecified atom stereocenters. The molecule has 5 aromatic rings. The Morgan fingerprint density at radius 3 is 1.60 bits per heavy atom. The van der Waals surface area contributed by atoms with Crippen LogP contribution in [-0.2, 0) is 0 Å². The molecule has 2 nitrogen and oxygen atoms in total. The lowest BCUT2D eigenvalue weighted by atomic mass is 10.00. The van der Waals surface area contributed by atoms with E-state index >= 15 is 0 Å². The second-order valence-corrected chi connectivity index (χ2v) is 7.30. The largest absolute Gasteiger partial charge is 0.354 e. The van der Waals surface area contributed by atoms with Crippen LogP contribution in [-0.4, -0.2) is 0 Å². The van der Waals surface area contributed by atoms with Gasteiger partial charge in [-0.15, -0.1) is 0 Å². The number of hydrogen-bond donors (Lipinski definition) is 2. The van der Waals surface area contributed by atoms with E-state index in [-0.39, 0.29) is 0 Å². The van der Waals surface area contributed by atoms with Gasteiger partial charge in [0.15, 0.2) is 0 Å². The Balaban J connectivity index is 1.56. The topological polar surface area (TPSA) is 24.1 Å². The highest BCUT2D eigenvalue weighted by Crippen LogP contribution is 2.34. The van der Waals surface area contributed by atoms with Crippen LogP contribution in [0.2, 0.25) is 0 Å². The molecular weight excluding hydrogens is 364 g/mol. The van der Waals surface area contributed by atoms with Crippen LogP contribution in [0.3, 0.4) is 0 Å². The third kappa shape index (κ3) is 3.89. The van der Waals surface area contributed by atoms with E-state index in [4.69, 9.17) is 0 Å². The quantitative estimate of drug-likeness (QED) is 0.320. The second kappa shape index (κ2) is 8.14. The Bertz CT molecular complexity index is 1280. The van der Waals surface area contributed by atoms with Gasteiger partial charge in [-0.25, -0.2) is 0 Å². The smallest absolute Gasteiger partial charge is 0.0629 e. The van der Waals surface area contributed by atoms with E-state index in [2.05, 4.69) is 95.6 Å². The van der Waals surface area contributed by atoms with Gasteiger partial charge in [-0.1, -0.05) is 78.9 Å². The lowest BCUT2D eigenvalue weighted by molar-refractivity contribution is 1.50. The molecule has 5 aromatic carbocycles. The molecule has 5 rings (SSSR count). The lowest BCUT2D eigenvalue weighted by Crippen LogP contribution is -1.98. The molecule has 0 saturated heterocycles. The predicted octanol–water partition coefficient (Wildman–Crippen LogP) is 7.99. The summed E-state index contributed by atoms with van der Waals surface area (Å²) in [7, 11) is 0. The Kier molecular flexibility index (Phi) is 4.89. The van der Waals surface area contributed by atoms with Crippen LogP contribution in [0.5, 0.6) is 0 Å². The first-order chi connectivity index (χ1) is 14.8. The van der Waals surface area contributed by atoms with Crippen LogP contribution in [0.4, 0.5) is 22.7 Å². The summed E-state index contributed by atoms with van der Waals surface area (Å²) in [6.07, 6.45) is 0. The molecular formula is C28H22N2. The number of anilines is 4. The van der Waals surface area contributed by atoms with E-state index in [0.717, 1.165) is 22.7 Å². The van der Waals surface area contributed by atoms with Gasteiger partial charge in [0, 0.05) is 11.4 Å². The zero-order chi connectivity index (χ0) is 20.2. The van der Waals surface area contributed by atoms with E-state index in [9.17, 15) is 0 Å². The average molecular weight is 386 g/mol. The zero-order valence-electron chi connectivity index (χ0n) is 16.5. The summed E-state index contributed by atoms with van der Waals surface area (Å²) in [5.74, 6) is 0. The van der Waals surface area contributed by atoms with E-state index in [1.165, 1.54) is 21.9 Å². The first-order valence-corrected chi connectivity index (χ1v) is 10.1. The number of para-hydroxylation sites is 2. The molecule has 2 N–H and O–H groups in total. The number of benzene rings is 5. The number of rotatable bonds is 5. The predicted molar refractivity (Wildman–Crippen MR) is 129 cm³/mol. The van der Waals surface area contributed by atoms with Crippen LogP contribution < -0.4 is 10.6 Å². The van der Waals surface area contributed by atoms with Crippen LogP contribution >= 0.6 is 0 Å². The van der Waals surface area contributed by atoms with Crippen molar-refractivity contribution in [2.24, 2.45) is 0 Å². The van der Waals surface area contributed by atoms with Gasteiger partial charge in [-0.2, -0.15) is 0 Å². The fourth-order valence-electron chi connectivity index (χ4n) is 3.66. The normalized spacial score (nSPS) is 10.7. The molecule has 0 fully saturated rings. The minimum absolute atomic E-state index is 1.04. The Labute approximate surface area is 176 Å². The van der Waals surface area contributed by atoms with Crippen LogP contribution in [0.1, 0.15) is 0 Å². The maximum atomic E-state index is 3.58. The van der Waals surface area contributed by atoms with Gasteiger partial charge in [0.1, 0.15) is 0 Å². The monoisotopic (exact) mass is 386 g/mol. The first-order valence-electron chi connectivity index (χ1n) is 10.1. The summed E-state index contributed by atoms with van der Waals surface area (Å²) in [5, 5.41) is 9.62. The van der Waals surface area contributed by atoms with Crippen molar-refractivity contribution in [3.63, 3.8) is 0 Å². The highest BCUT2D eigenvalue weighted by Gasteiger charge is 2.08. The van der Waals surface area contributed by atoms with Crippen LogP contribution in [0.15, 0.2) is 121 Å². The van der Waals surface area contributed by atoms with E-state index in [1.54, 1.807) is 0 Å². The minimum atomic E-state index is 1.04. The molecule has 0 spiro atoms. The second-order valence-electron chi connectivity index (χ2n) is 7.30. The molecule has 2 heteroatoms. The molecule has 30 heavy (non-hydrogen) atoms. The van der Waals surface area contributed by atoms with E-state index in [1.807, 2.05) is 36.4 Å². The van der Waals surface area contributed by atoms with Crippen molar-refractivity contribution in [2.45, 2.75) is 0 Å². The highest BCUT2D eigenvalue weighted by molar-refractivity contribution is 5.89. The first kappa shape index (κ1) is 18.0. The molecule has 0 radical (unpaired) electrons. The van der Waals surface area contributed by atoms with Gasteiger partial charge < -0.3 is 10.6 Å². The molecule has 144 valence electrons. The summed E-state index contributed by atoms with van der Waals surface area (Å²) in [5.41, 5.74) is 6.58. The van der Waals surface area contributed by atoms with Gasteiger partial charge in [0.2, 0.25) is 0 Å². The van der Waals surface area contributed by atoms with Gasteiger partial charge in [0.25, 0.3) is 0 Å². The van der Waals surface area contributed by atoms with Crippen molar-refractivity contribution < 1.29 is 0 Å². The summed E-state index contributed by atoms with van der Waals surface area (Å²) in [6, 6.07) is 42.1. The molecule has 0 atom stereocenters. The molecule has 0 bridgehead atoms. The molecule has 0 aliphatic carbocycles. The van der Waals surface area contributed by atoms with E-state index in [0.29, 0.717) is 0 Å². The van der Waals surface area contributed by atoms with Crippen molar-refractivity contribution in [3.8, 4) is 11.1 Å². The van der Waals surface area contributed by atoms with Gasteiger partial charge in [-0.3, -0.25) is 0 Å². The van der Waals surface area contributed by atoms with E-state index < -0.39 is 0 Å². The molecule has 0 aromatic heterocycles. The standard InChI is InChI=1S/C28H22N2/c1-3-11-25(12-4-1)29-27-18-17-24(20-28(27)30-26-13-5-2-6-14-26)23-16-15-21-9-7-8-10-22(21)19-23/h1-20,29-30H. The number of fused-ring (bicyclic) bond motifs is 1. The van der Waals surface area contributed by atoms with Gasteiger partial charge in [0.05, 0.1) is 11.4 Å². The van der Waals surface area contributed by atoms with Gasteiger partial charge in [-0.05, 0) is 64.4 Å². The lowest BCUT2D eigenvalue weighted by Gasteiger charge is -2.16. The number of hydrogen-bond acceptors (Lipinski definition) is 2. The Hall–Kier alpha value is -4.04. The van der Waals surface area contributed by atoms with Crippen molar-refractivity contribution in [1.82, 2.24) is 0 Å². The SMILES string of the molecule is c1ccc(Nc2ccc(-c3ccc4ccccc4c3)cc2Nc2ccccc2)cc1. The third-order valence-corrected chi connectivity index (χ3v) is 5.21. The maximum absolute atomic E-state index is 3.58. The van der Waals surface area contributed by atoms with Gasteiger partial charge >= 0.3 is 0 Å². The zero-order valence-corrected chi connectivity index (χ0v) is 16.5. The summed E-state index contributed by atoms with van der Waals surface area (Å²) in [6.45, 7) is 0. The summed E-state index contributed by atoms with van der Waals surface area (Å²) in [4.78, 5) is 0. The maximum Gasteiger partial charge on any atom is 0.0629 e. The van der Waals surface area contributed by atoms with Crippen molar-refractivity contribution >= 4 is 33.5 Å². The highest BCUT2D eigenvalue weighted by atomic mass is 15.0. The minimum Gasteiger partial charge on any atom is -0.354 e. The molecule has 0 aliphatic rings. The fourth-order valence-corrected chi connectivity index (χ4v) is 3.66. The van der Waals surface area contributed by atoms with Crippen LogP contribution in [0.25, 0.3) is 21.9 Å². The average Bonchev–Trinajstić information content (AvgIpc) is 2.81. The van der Waals surface area contributed by atoms with Crippen molar-refractivity contribution in [1.29, 1.82) is 0 Å². The number of nitrogens with one attached hydrogen (secondary N) is 2. The fraction of sp³-hybridized carbons (Fsp3) is 0. The summed E-state index contributed by atoms with van der Waals surface area (Å²) >= 11 is 0. The van der Waals surface area contributed by atoms with Crippen molar-refractivity contribution in [3.05, 3.63) is 121 Å². The summed E-state index contributed by atoms with van der Waals surface area (Å²) < 4.78 is 0. The molecule has 0 amide bonds. The third-order valence-electron chi connectivity index (χ3n) is 5.21.